The van der Waals surface area contributed by atoms with Crippen molar-refractivity contribution in [2.24, 2.45) is 0 Å². The molecule has 1 fully saturated rings. The van der Waals surface area contributed by atoms with Crippen molar-refractivity contribution in [2.45, 2.75) is 18.9 Å². The molecule has 0 radical (unpaired) electrons. The molecule has 0 unspecified atom stereocenters. The van der Waals surface area contributed by atoms with Gasteiger partial charge in [0.15, 0.2) is 0 Å². The molecule has 2 heterocycles. The van der Waals surface area contributed by atoms with Gasteiger partial charge in [-0.2, -0.15) is 11.8 Å². The van der Waals surface area contributed by atoms with Gasteiger partial charge in [0.1, 0.15) is 0 Å². The number of aromatic nitrogens is 2. The molecule has 4 nitrogen and oxygen atoms in total. The van der Waals surface area contributed by atoms with Crippen LogP contribution in [0.5, 0.6) is 0 Å². The van der Waals surface area contributed by atoms with Crippen LogP contribution in [-0.2, 0) is 0 Å². The molecule has 0 spiro atoms. The minimum absolute atomic E-state index is 0.0359. The summed E-state index contributed by atoms with van der Waals surface area (Å²) in [4.78, 5) is 17.6. The maximum atomic E-state index is 12.2. The third-order valence-electron chi connectivity index (χ3n) is 4.16. The molecule has 0 saturated carbocycles. The lowest BCUT2D eigenvalue weighted by atomic mass is 10.0. The monoisotopic (exact) mass is 291 g/mol. The first-order valence-corrected chi connectivity index (χ1v) is 8.59. The number of thioether (sulfide) groups is 1. The molecule has 1 aromatic carbocycles. The number of aromatic amines is 1. The second-order valence-electron chi connectivity index (χ2n) is 5.38. The first-order valence-electron chi connectivity index (χ1n) is 7.20. The molecular formula is C15H21N3OS. The van der Waals surface area contributed by atoms with Crippen LogP contribution in [0.4, 0.5) is 0 Å². The van der Waals surface area contributed by atoms with Gasteiger partial charge in [-0.1, -0.05) is 12.1 Å². The van der Waals surface area contributed by atoms with Gasteiger partial charge in [-0.25, -0.2) is 4.79 Å². The Morgan fingerprint density at radius 2 is 2.05 bits per heavy atom. The zero-order valence-electron chi connectivity index (χ0n) is 11.8. The van der Waals surface area contributed by atoms with Crippen molar-refractivity contribution in [3.05, 3.63) is 34.7 Å². The standard InChI is InChI=1S/C15H21N3OS/c1-20-11-10-17-8-6-12(7-9-17)18-14-5-3-2-4-13(14)16-15(18)19/h2-5,12H,6-11H2,1H3,(H,16,19). The molecule has 0 aliphatic carbocycles. The zero-order valence-corrected chi connectivity index (χ0v) is 12.7. The van der Waals surface area contributed by atoms with Crippen LogP contribution in [0.15, 0.2) is 29.1 Å². The van der Waals surface area contributed by atoms with Gasteiger partial charge in [-0.15, -0.1) is 0 Å². The lowest BCUT2D eigenvalue weighted by Gasteiger charge is -2.32. The highest BCUT2D eigenvalue weighted by atomic mass is 32.2. The van der Waals surface area contributed by atoms with E-state index in [0.29, 0.717) is 6.04 Å². The summed E-state index contributed by atoms with van der Waals surface area (Å²) in [6, 6.07) is 8.31. The van der Waals surface area contributed by atoms with Crippen LogP contribution in [0.1, 0.15) is 18.9 Å². The van der Waals surface area contributed by atoms with E-state index in [9.17, 15) is 4.79 Å². The molecule has 0 amide bonds. The van der Waals surface area contributed by atoms with Crippen molar-refractivity contribution in [2.75, 3.05) is 31.6 Å². The quantitative estimate of drug-likeness (QED) is 0.940. The van der Waals surface area contributed by atoms with E-state index in [2.05, 4.69) is 16.1 Å². The lowest BCUT2D eigenvalue weighted by molar-refractivity contribution is 0.196. The lowest BCUT2D eigenvalue weighted by Crippen LogP contribution is -2.38. The summed E-state index contributed by atoms with van der Waals surface area (Å²) in [6.45, 7) is 3.35. The molecule has 5 heteroatoms. The number of hydrogen-bond acceptors (Lipinski definition) is 3. The van der Waals surface area contributed by atoms with E-state index < -0.39 is 0 Å². The molecule has 1 N–H and O–H groups in total. The van der Waals surface area contributed by atoms with E-state index in [1.807, 2.05) is 40.6 Å². The molecule has 20 heavy (non-hydrogen) atoms. The van der Waals surface area contributed by atoms with Crippen molar-refractivity contribution >= 4 is 22.8 Å². The Bertz CT molecular complexity index is 625. The van der Waals surface area contributed by atoms with E-state index in [1.165, 1.54) is 5.75 Å². The predicted octanol–water partition coefficient (Wildman–Crippen LogP) is 2.33. The van der Waals surface area contributed by atoms with Crippen LogP contribution in [0.25, 0.3) is 11.0 Å². The minimum Gasteiger partial charge on any atom is -0.306 e. The van der Waals surface area contributed by atoms with Gasteiger partial charge in [0.25, 0.3) is 0 Å². The molecule has 1 saturated heterocycles. The van der Waals surface area contributed by atoms with Gasteiger partial charge < -0.3 is 9.88 Å². The van der Waals surface area contributed by atoms with Gasteiger partial charge >= 0.3 is 5.69 Å². The highest BCUT2D eigenvalue weighted by Gasteiger charge is 2.22. The fourth-order valence-electron chi connectivity index (χ4n) is 3.06. The SMILES string of the molecule is CSCCN1CCC(n2c(=O)[nH]c3ccccc32)CC1. The van der Waals surface area contributed by atoms with Crippen molar-refractivity contribution in [1.82, 2.24) is 14.5 Å². The Morgan fingerprint density at radius 1 is 1.30 bits per heavy atom. The second kappa shape index (κ2) is 6.06. The molecule has 0 bridgehead atoms. The van der Waals surface area contributed by atoms with Crippen molar-refractivity contribution < 1.29 is 0 Å². The van der Waals surface area contributed by atoms with Crippen LogP contribution < -0.4 is 5.69 Å². The number of para-hydroxylation sites is 2. The van der Waals surface area contributed by atoms with Crippen molar-refractivity contribution in [3.8, 4) is 0 Å². The Labute approximate surface area is 123 Å². The maximum absolute atomic E-state index is 12.2. The minimum atomic E-state index is 0.0359. The van der Waals surface area contributed by atoms with E-state index in [1.54, 1.807) is 0 Å². The molecule has 2 aromatic rings. The van der Waals surface area contributed by atoms with Crippen molar-refractivity contribution in [3.63, 3.8) is 0 Å². The Hall–Kier alpha value is -1.20. The molecule has 1 aromatic heterocycles. The van der Waals surface area contributed by atoms with Crippen LogP contribution >= 0.6 is 11.8 Å². The number of nitrogens with zero attached hydrogens (tertiary/aromatic N) is 2. The number of hydrogen-bond donors (Lipinski definition) is 1. The first-order chi connectivity index (χ1) is 9.79. The summed E-state index contributed by atoms with van der Waals surface area (Å²) in [6.07, 6.45) is 4.28. The van der Waals surface area contributed by atoms with Crippen LogP contribution in [-0.4, -0.2) is 46.1 Å². The number of benzene rings is 1. The smallest absolute Gasteiger partial charge is 0.306 e. The van der Waals surface area contributed by atoms with Crippen LogP contribution in [0.2, 0.25) is 0 Å². The number of fused-ring (bicyclic) bond motifs is 1. The number of likely N-dealkylation sites (tertiary alicyclic amines) is 1. The summed E-state index contributed by atoms with van der Waals surface area (Å²) in [7, 11) is 0. The average molecular weight is 291 g/mol. The summed E-state index contributed by atoms with van der Waals surface area (Å²) in [5.41, 5.74) is 2.02. The summed E-state index contributed by atoms with van der Waals surface area (Å²) >= 11 is 1.90. The number of piperidine rings is 1. The topological polar surface area (TPSA) is 41.0 Å². The molecular weight excluding hydrogens is 270 g/mol. The third kappa shape index (κ3) is 2.65. The average Bonchev–Trinajstić information content (AvgIpc) is 2.81. The highest BCUT2D eigenvalue weighted by molar-refractivity contribution is 7.98. The van der Waals surface area contributed by atoms with E-state index in [4.69, 9.17) is 0 Å². The zero-order chi connectivity index (χ0) is 13.9. The van der Waals surface area contributed by atoms with E-state index in [-0.39, 0.29) is 5.69 Å². The summed E-state index contributed by atoms with van der Waals surface area (Å²) in [5, 5.41) is 0. The van der Waals surface area contributed by atoms with Gasteiger partial charge in [0, 0.05) is 31.4 Å². The number of nitrogens with one attached hydrogen (secondary N) is 1. The highest BCUT2D eigenvalue weighted by Crippen LogP contribution is 2.24. The Morgan fingerprint density at radius 3 is 2.80 bits per heavy atom. The number of imidazole rings is 1. The molecule has 1 aliphatic heterocycles. The summed E-state index contributed by atoms with van der Waals surface area (Å²) < 4.78 is 1.96. The van der Waals surface area contributed by atoms with Gasteiger partial charge in [0.2, 0.25) is 0 Å². The second-order valence-corrected chi connectivity index (χ2v) is 6.37. The van der Waals surface area contributed by atoms with Gasteiger partial charge in [-0.05, 0) is 31.2 Å². The molecule has 108 valence electrons. The summed E-state index contributed by atoms with van der Waals surface area (Å²) in [5.74, 6) is 1.19. The predicted molar refractivity (Wildman–Crippen MR) is 85.7 cm³/mol. The van der Waals surface area contributed by atoms with Gasteiger partial charge in [-0.3, -0.25) is 4.57 Å². The van der Waals surface area contributed by atoms with Crippen molar-refractivity contribution in [1.29, 1.82) is 0 Å². The molecule has 0 atom stereocenters. The number of rotatable bonds is 4. The Balaban J connectivity index is 1.77. The van der Waals surface area contributed by atoms with E-state index >= 15 is 0 Å². The van der Waals surface area contributed by atoms with Crippen LogP contribution in [0.3, 0.4) is 0 Å². The maximum Gasteiger partial charge on any atom is 0.326 e. The Kier molecular flexibility index (Phi) is 4.17. The van der Waals surface area contributed by atoms with E-state index in [0.717, 1.165) is 43.5 Å². The third-order valence-corrected chi connectivity index (χ3v) is 4.75. The normalized spacial score (nSPS) is 17.9. The first kappa shape index (κ1) is 13.8. The largest absolute Gasteiger partial charge is 0.326 e. The fraction of sp³-hybridized carbons (Fsp3) is 0.533. The molecule has 1 aliphatic rings. The fourth-order valence-corrected chi connectivity index (χ4v) is 3.50. The number of H-pyrrole nitrogens is 1. The molecule has 3 rings (SSSR count). The van der Waals surface area contributed by atoms with Crippen LogP contribution in [0, 0.1) is 0 Å². The van der Waals surface area contributed by atoms with Gasteiger partial charge in [0.05, 0.1) is 11.0 Å².